The Labute approximate surface area is 65.1 Å². The zero-order chi connectivity index (χ0) is 4.62. The van der Waals surface area contributed by atoms with Gasteiger partial charge in [0.05, 0.1) is 18.3 Å². The predicted octanol–water partition coefficient (Wildman–Crippen LogP) is -2.72. The molecule has 0 atom stereocenters. The van der Waals surface area contributed by atoms with Crippen molar-refractivity contribution in [1.29, 1.82) is 0 Å². The van der Waals surface area contributed by atoms with Crippen LogP contribution in [-0.4, -0.2) is 11.7 Å². The SMILES string of the molecule is COS1([O-])OO1.[Na+]. The largest absolute Gasteiger partial charge is 1.00 e. The third kappa shape index (κ3) is 2.29. The van der Waals surface area contributed by atoms with Crippen LogP contribution in [0.15, 0.2) is 0 Å². The fourth-order valence-corrected chi connectivity index (χ4v) is 0.371. The summed E-state index contributed by atoms with van der Waals surface area (Å²) in [6, 6.07) is 0. The van der Waals surface area contributed by atoms with E-state index in [9.17, 15) is 4.55 Å². The van der Waals surface area contributed by atoms with Crippen molar-refractivity contribution >= 4 is 11.2 Å². The van der Waals surface area contributed by atoms with Gasteiger partial charge in [-0.25, -0.2) is 0 Å². The Hall–Kier alpha value is 1.19. The molecule has 0 aromatic carbocycles. The molecule has 0 N–H and O–H groups in total. The molecule has 0 bridgehead atoms. The van der Waals surface area contributed by atoms with Gasteiger partial charge in [0.15, 0.2) is 0 Å². The van der Waals surface area contributed by atoms with Gasteiger partial charge in [0, 0.05) is 0 Å². The minimum Gasteiger partial charge on any atom is -0.747 e. The van der Waals surface area contributed by atoms with Crippen LogP contribution in [0.3, 0.4) is 0 Å². The summed E-state index contributed by atoms with van der Waals surface area (Å²) in [6.07, 6.45) is 0. The Kier molecular flexibility index (Phi) is 3.10. The van der Waals surface area contributed by atoms with Gasteiger partial charge in [0.25, 0.3) is 0 Å². The molecule has 6 heteroatoms. The first-order valence-corrected chi connectivity index (χ1v) is 2.57. The van der Waals surface area contributed by atoms with E-state index in [0.29, 0.717) is 0 Å². The smallest absolute Gasteiger partial charge is 0.747 e. The summed E-state index contributed by atoms with van der Waals surface area (Å²) in [6.45, 7) is 0. The standard InChI is InChI=1S/CH4O4S.Na/c1-3-6(2)4-5-6;/h2H,1H3;/q;+1/p-1. The molecular weight excluding hydrogens is 131 g/mol. The fourth-order valence-electron chi connectivity index (χ4n) is 0.0782. The van der Waals surface area contributed by atoms with E-state index in [2.05, 4.69) is 12.9 Å². The summed E-state index contributed by atoms with van der Waals surface area (Å²) >= 11 is -2.66. The summed E-state index contributed by atoms with van der Waals surface area (Å²) in [5, 5.41) is 0. The maximum absolute atomic E-state index is 10.0. The first-order valence-electron chi connectivity index (χ1n) is 1.24. The van der Waals surface area contributed by atoms with E-state index in [-0.39, 0.29) is 29.6 Å². The summed E-state index contributed by atoms with van der Waals surface area (Å²) in [7, 11) is 1.25. The average Bonchev–Trinajstić information content (AvgIpc) is 2.22. The van der Waals surface area contributed by atoms with Crippen molar-refractivity contribution in [1.82, 2.24) is 0 Å². The van der Waals surface area contributed by atoms with Crippen molar-refractivity contribution in [3.63, 3.8) is 0 Å². The Morgan fingerprint density at radius 1 is 1.57 bits per heavy atom. The quantitative estimate of drug-likeness (QED) is 0.222. The summed E-state index contributed by atoms with van der Waals surface area (Å²) < 4.78 is 21.8. The van der Waals surface area contributed by atoms with E-state index in [4.69, 9.17) is 0 Å². The van der Waals surface area contributed by atoms with E-state index in [1.807, 2.05) is 0 Å². The van der Waals surface area contributed by atoms with Crippen LogP contribution in [0.25, 0.3) is 0 Å². The van der Waals surface area contributed by atoms with Gasteiger partial charge in [0.2, 0.25) is 0 Å². The monoisotopic (exact) mass is 134 g/mol. The van der Waals surface area contributed by atoms with Gasteiger partial charge in [-0.2, -0.15) is 0 Å². The van der Waals surface area contributed by atoms with E-state index in [1.165, 1.54) is 7.11 Å². The number of hydrogen-bond donors (Lipinski definition) is 0. The normalized spacial score (nSPS) is 27.7. The van der Waals surface area contributed by atoms with Crippen LogP contribution in [0.2, 0.25) is 0 Å². The maximum atomic E-state index is 10.0. The molecule has 1 saturated heterocycles. The summed E-state index contributed by atoms with van der Waals surface area (Å²) in [5.74, 6) is 0. The third-order valence-corrected chi connectivity index (χ3v) is 1.15. The van der Waals surface area contributed by atoms with Gasteiger partial charge in [-0.3, -0.25) is 0 Å². The number of rotatable bonds is 1. The molecule has 4 nitrogen and oxygen atoms in total. The van der Waals surface area contributed by atoms with Gasteiger partial charge < -0.3 is 8.74 Å². The van der Waals surface area contributed by atoms with E-state index in [1.54, 1.807) is 0 Å². The minimum absolute atomic E-state index is 0. The van der Waals surface area contributed by atoms with Crippen molar-refractivity contribution < 1.29 is 47.0 Å². The summed E-state index contributed by atoms with van der Waals surface area (Å²) in [4.78, 5) is 0. The second kappa shape index (κ2) is 2.65. The molecular formula is CH3NaO4S. The van der Waals surface area contributed by atoms with Crippen LogP contribution in [0.1, 0.15) is 0 Å². The predicted molar refractivity (Wildman–Crippen MR) is 17.5 cm³/mol. The maximum Gasteiger partial charge on any atom is 1.00 e. The Morgan fingerprint density at radius 3 is 2.00 bits per heavy atom. The Morgan fingerprint density at radius 2 is 2.00 bits per heavy atom. The van der Waals surface area contributed by atoms with Crippen molar-refractivity contribution in [2.75, 3.05) is 7.11 Å². The molecule has 1 rings (SSSR count). The van der Waals surface area contributed by atoms with Gasteiger partial charge in [-0.15, -0.1) is 8.67 Å². The van der Waals surface area contributed by atoms with Crippen LogP contribution in [0.5, 0.6) is 0 Å². The first-order chi connectivity index (χ1) is 2.77. The van der Waals surface area contributed by atoms with E-state index >= 15 is 0 Å². The van der Waals surface area contributed by atoms with Crippen LogP contribution in [0.4, 0.5) is 0 Å². The molecule has 1 aliphatic heterocycles. The number of hydrogen-bond acceptors (Lipinski definition) is 4. The Bertz CT molecular complexity index is 62.7. The minimum atomic E-state index is -2.66. The molecule has 0 aromatic rings. The topological polar surface area (TPSA) is 57.4 Å². The second-order valence-corrected chi connectivity index (χ2v) is 2.13. The van der Waals surface area contributed by atoms with Crippen molar-refractivity contribution in [2.45, 2.75) is 0 Å². The van der Waals surface area contributed by atoms with Crippen LogP contribution < -0.4 is 29.6 Å². The first kappa shape index (κ1) is 8.19. The average molecular weight is 134 g/mol. The molecule has 1 aliphatic rings. The molecule has 0 saturated carbocycles. The molecule has 0 radical (unpaired) electrons. The molecule has 0 unspecified atom stereocenters. The fraction of sp³-hybridized carbons (Fsp3) is 1.00. The van der Waals surface area contributed by atoms with Crippen LogP contribution in [0, 0.1) is 0 Å². The summed E-state index contributed by atoms with van der Waals surface area (Å²) in [5.41, 5.74) is 0. The van der Waals surface area contributed by atoms with Gasteiger partial charge >= 0.3 is 29.6 Å². The zero-order valence-electron chi connectivity index (χ0n) is 4.04. The molecule has 0 aromatic heterocycles. The van der Waals surface area contributed by atoms with Gasteiger partial charge in [0.1, 0.15) is 0 Å². The van der Waals surface area contributed by atoms with E-state index < -0.39 is 11.2 Å². The van der Waals surface area contributed by atoms with Gasteiger partial charge in [-0.1, -0.05) is 0 Å². The Balaban J connectivity index is 0.000000360. The molecule has 7 heavy (non-hydrogen) atoms. The molecule has 1 heterocycles. The molecule has 1 fully saturated rings. The van der Waals surface area contributed by atoms with Crippen molar-refractivity contribution in [3.05, 3.63) is 0 Å². The van der Waals surface area contributed by atoms with Crippen LogP contribution >= 0.6 is 11.2 Å². The molecule has 0 aliphatic carbocycles. The second-order valence-electron chi connectivity index (χ2n) is 0.711. The molecule has 38 valence electrons. The van der Waals surface area contributed by atoms with Gasteiger partial charge in [-0.05, 0) is 0 Å². The van der Waals surface area contributed by atoms with E-state index in [0.717, 1.165) is 0 Å². The van der Waals surface area contributed by atoms with Crippen molar-refractivity contribution in [3.8, 4) is 0 Å². The third-order valence-electron chi connectivity index (χ3n) is 0.383. The van der Waals surface area contributed by atoms with Crippen molar-refractivity contribution in [2.24, 2.45) is 0 Å². The molecule has 0 amide bonds. The zero-order valence-corrected chi connectivity index (χ0v) is 6.86. The van der Waals surface area contributed by atoms with Crippen LogP contribution in [-0.2, 0) is 12.9 Å². The molecule has 0 spiro atoms.